The van der Waals surface area contributed by atoms with E-state index in [9.17, 15) is 8.42 Å². The third kappa shape index (κ3) is 3.83. The first-order valence-electron chi connectivity index (χ1n) is 7.42. The fourth-order valence-electron chi connectivity index (χ4n) is 2.60. The second-order valence-corrected chi connectivity index (χ2v) is 7.46. The van der Waals surface area contributed by atoms with Crippen LogP contribution < -0.4 is 5.73 Å². The Morgan fingerprint density at radius 3 is 2.52 bits per heavy atom. The molecule has 0 amide bonds. The molecule has 1 aliphatic rings. The van der Waals surface area contributed by atoms with Crippen LogP contribution in [0.15, 0.2) is 29.2 Å². The summed E-state index contributed by atoms with van der Waals surface area (Å²) >= 11 is 0. The number of nitrogens with two attached hydrogens (primary N) is 1. The monoisotopic (exact) mass is 312 g/mol. The fraction of sp³-hybridized carbons (Fsp3) is 0.600. The highest BCUT2D eigenvalue weighted by atomic mass is 32.2. The molecule has 0 aliphatic carbocycles. The highest BCUT2D eigenvalue weighted by Crippen LogP contribution is 2.21. The van der Waals surface area contributed by atoms with E-state index in [1.807, 2.05) is 19.1 Å². The molecule has 5 nitrogen and oxygen atoms in total. The van der Waals surface area contributed by atoms with Crippen LogP contribution in [0.4, 0.5) is 0 Å². The molecule has 1 fully saturated rings. The van der Waals surface area contributed by atoms with E-state index >= 15 is 0 Å². The Morgan fingerprint density at radius 2 is 1.95 bits per heavy atom. The van der Waals surface area contributed by atoms with Crippen molar-refractivity contribution in [2.24, 2.45) is 5.73 Å². The average molecular weight is 312 g/mol. The van der Waals surface area contributed by atoms with Crippen LogP contribution in [-0.4, -0.2) is 44.6 Å². The van der Waals surface area contributed by atoms with Gasteiger partial charge in [-0.1, -0.05) is 25.5 Å². The second kappa shape index (κ2) is 6.87. The number of nitrogens with zero attached hydrogens (tertiary/aromatic N) is 1. The molecule has 2 N–H and O–H groups in total. The molecule has 2 atom stereocenters. The first kappa shape index (κ1) is 16.4. The number of aryl methyl sites for hydroxylation is 1. The molecule has 1 aromatic rings. The predicted molar refractivity (Wildman–Crippen MR) is 82.6 cm³/mol. The maximum absolute atomic E-state index is 12.7. The minimum Gasteiger partial charge on any atom is -0.371 e. The molecular weight excluding hydrogens is 288 g/mol. The van der Waals surface area contributed by atoms with Gasteiger partial charge in [-0.25, -0.2) is 8.42 Å². The highest BCUT2D eigenvalue weighted by molar-refractivity contribution is 7.89. The Hall–Kier alpha value is -0.950. The van der Waals surface area contributed by atoms with E-state index in [1.54, 1.807) is 12.1 Å². The van der Waals surface area contributed by atoms with Crippen LogP contribution in [0.25, 0.3) is 0 Å². The quantitative estimate of drug-likeness (QED) is 0.891. The van der Waals surface area contributed by atoms with Crippen molar-refractivity contribution in [2.45, 2.75) is 43.8 Å². The van der Waals surface area contributed by atoms with Gasteiger partial charge in [-0.2, -0.15) is 4.31 Å². The molecule has 6 heteroatoms. The molecule has 0 bridgehead atoms. The highest BCUT2D eigenvalue weighted by Gasteiger charge is 2.33. The summed E-state index contributed by atoms with van der Waals surface area (Å²) in [4.78, 5) is 0.340. The van der Waals surface area contributed by atoms with Gasteiger partial charge < -0.3 is 10.5 Å². The zero-order valence-corrected chi connectivity index (χ0v) is 13.5. The number of hydrogen-bond donors (Lipinski definition) is 1. The minimum absolute atomic E-state index is 0.138. The number of benzene rings is 1. The van der Waals surface area contributed by atoms with E-state index in [2.05, 4.69) is 6.92 Å². The molecule has 21 heavy (non-hydrogen) atoms. The number of ether oxygens (including phenoxy) is 1. The van der Waals surface area contributed by atoms with Crippen LogP contribution in [0.2, 0.25) is 0 Å². The van der Waals surface area contributed by atoms with Gasteiger partial charge in [0.15, 0.2) is 0 Å². The summed E-state index contributed by atoms with van der Waals surface area (Å²) in [5.74, 6) is 0. The first-order chi connectivity index (χ1) is 9.97. The molecule has 0 spiro atoms. The van der Waals surface area contributed by atoms with E-state index in [1.165, 1.54) is 4.31 Å². The van der Waals surface area contributed by atoms with Crippen molar-refractivity contribution in [3.05, 3.63) is 29.8 Å². The molecule has 2 unspecified atom stereocenters. The lowest BCUT2D eigenvalue weighted by atomic mass is 10.1. The molecular formula is C15H24N2O3S. The van der Waals surface area contributed by atoms with Crippen LogP contribution in [-0.2, 0) is 21.2 Å². The van der Waals surface area contributed by atoms with Crippen LogP contribution >= 0.6 is 0 Å². The molecule has 0 saturated carbocycles. The minimum atomic E-state index is -3.47. The maximum atomic E-state index is 12.7. The van der Waals surface area contributed by atoms with Crippen LogP contribution in [0.1, 0.15) is 25.8 Å². The Bertz CT molecular complexity index is 557. The molecule has 118 valence electrons. The van der Waals surface area contributed by atoms with Gasteiger partial charge in [0.25, 0.3) is 0 Å². The largest absolute Gasteiger partial charge is 0.371 e. The Morgan fingerprint density at radius 1 is 1.29 bits per heavy atom. The predicted octanol–water partition coefficient (Wildman–Crippen LogP) is 1.38. The van der Waals surface area contributed by atoms with Gasteiger partial charge in [-0.3, -0.25) is 0 Å². The fourth-order valence-corrected chi connectivity index (χ4v) is 4.14. The second-order valence-electron chi connectivity index (χ2n) is 5.52. The summed E-state index contributed by atoms with van der Waals surface area (Å²) in [6.45, 7) is 4.99. The van der Waals surface area contributed by atoms with E-state index in [0.717, 1.165) is 18.4 Å². The Labute approximate surface area is 127 Å². The molecule has 1 aromatic carbocycles. The summed E-state index contributed by atoms with van der Waals surface area (Å²) in [5.41, 5.74) is 6.78. The van der Waals surface area contributed by atoms with Gasteiger partial charge in [-0.15, -0.1) is 0 Å². The third-order valence-corrected chi connectivity index (χ3v) is 5.50. The van der Waals surface area contributed by atoms with E-state index in [-0.39, 0.29) is 12.2 Å². The van der Waals surface area contributed by atoms with Gasteiger partial charge in [0.2, 0.25) is 10.0 Å². The van der Waals surface area contributed by atoms with Crippen molar-refractivity contribution < 1.29 is 13.2 Å². The number of rotatable bonds is 5. The molecule has 1 saturated heterocycles. The van der Waals surface area contributed by atoms with Crippen molar-refractivity contribution in [2.75, 3.05) is 19.6 Å². The van der Waals surface area contributed by atoms with Crippen molar-refractivity contribution in [1.82, 2.24) is 4.31 Å². The normalized spacial score (nSPS) is 24.1. The number of hydrogen-bond acceptors (Lipinski definition) is 4. The first-order valence-corrected chi connectivity index (χ1v) is 8.86. The molecule has 0 aromatic heterocycles. The SMILES string of the molecule is CCCc1ccc(S(=O)(=O)N2CC(C)OC(CN)C2)cc1. The Kier molecular flexibility index (Phi) is 5.37. The van der Waals surface area contributed by atoms with Crippen LogP contribution in [0, 0.1) is 0 Å². The smallest absolute Gasteiger partial charge is 0.243 e. The maximum Gasteiger partial charge on any atom is 0.243 e. The van der Waals surface area contributed by atoms with Gasteiger partial charge in [0, 0.05) is 19.6 Å². The standard InChI is InChI=1S/C15H24N2O3S/c1-3-4-13-5-7-15(8-6-13)21(18,19)17-10-12(2)20-14(9-16)11-17/h5-8,12,14H,3-4,9-11,16H2,1-2H3. The lowest BCUT2D eigenvalue weighted by Crippen LogP contribution is -2.51. The van der Waals surface area contributed by atoms with Crippen molar-refractivity contribution in [3.63, 3.8) is 0 Å². The van der Waals surface area contributed by atoms with Crippen molar-refractivity contribution >= 4 is 10.0 Å². The lowest BCUT2D eigenvalue weighted by molar-refractivity contribution is -0.0486. The van der Waals surface area contributed by atoms with Crippen molar-refractivity contribution in [1.29, 1.82) is 0 Å². The van der Waals surface area contributed by atoms with Gasteiger partial charge in [0.1, 0.15) is 0 Å². The lowest BCUT2D eigenvalue weighted by Gasteiger charge is -2.35. The van der Waals surface area contributed by atoms with Gasteiger partial charge >= 0.3 is 0 Å². The van der Waals surface area contributed by atoms with Crippen molar-refractivity contribution in [3.8, 4) is 0 Å². The Balaban J connectivity index is 2.20. The van der Waals surface area contributed by atoms with E-state index in [0.29, 0.717) is 24.5 Å². The summed E-state index contributed by atoms with van der Waals surface area (Å²) in [7, 11) is -3.47. The van der Waals surface area contributed by atoms with Crippen LogP contribution in [0.5, 0.6) is 0 Å². The van der Waals surface area contributed by atoms with Gasteiger partial charge in [-0.05, 0) is 31.0 Å². The van der Waals surface area contributed by atoms with Crippen LogP contribution in [0.3, 0.4) is 0 Å². The third-order valence-electron chi connectivity index (χ3n) is 3.66. The zero-order valence-electron chi connectivity index (χ0n) is 12.7. The summed E-state index contributed by atoms with van der Waals surface area (Å²) in [5, 5.41) is 0. The summed E-state index contributed by atoms with van der Waals surface area (Å²) < 4.78 is 32.5. The molecule has 2 rings (SSSR count). The molecule has 1 heterocycles. The summed E-state index contributed by atoms with van der Waals surface area (Å²) in [6, 6.07) is 7.16. The number of sulfonamides is 1. The van der Waals surface area contributed by atoms with E-state index in [4.69, 9.17) is 10.5 Å². The average Bonchev–Trinajstić information content (AvgIpc) is 2.47. The topological polar surface area (TPSA) is 72.6 Å². The molecule has 1 aliphatic heterocycles. The number of morpholine rings is 1. The van der Waals surface area contributed by atoms with Gasteiger partial charge in [0.05, 0.1) is 17.1 Å². The zero-order chi connectivity index (χ0) is 15.5. The molecule has 0 radical (unpaired) electrons. The summed E-state index contributed by atoms with van der Waals surface area (Å²) in [6.07, 6.45) is 1.64. The van der Waals surface area contributed by atoms with E-state index < -0.39 is 10.0 Å².